The largest absolute Gasteiger partial charge is 0.377 e. The lowest BCUT2D eigenvalue weighted by atomic mass is 10.1. The molecule has 0 aromatic carbocycles. The molecule has 1 atom stereocenters. The van der Waals surface area contributed by atoms with Crippen molar-refractivity contribution >= 4 is 5.78 Å². The van der Waals surface area contributed by atoms with E-state index in [0.29, 0.717) is 12.3 Å². The Morgan fingerprint density at radius 3 is 2.93 bits per heavy atom. The van der Waals surface area contributed by atoms with Crippen LogP contribution in [-0.2, 0) is 9.53 Å². The summed E-state index contributed by atoms with van der Waals surface area (Å²) in [6.07, 6.45) is 1.30. The first kappa shape index (κ1) is 11.7. The predicted molar refractivity (Wildman–Crippen MR) is 56.3 cm³/mol. The molecule has 0 amide bonds. The fourth-order valence-corrected chi connectivity index (χ4v) is 1.63. The maximum Gasteiger partial charge on any atom is 0.149 e. The van der Waals surface area contributed by atoms with Crippen LogP contribution in [-0.4, -0.2) is 43.0 Å². The van der Waals surface area contributed by atoms with Crippen molar-refractivity contribution in [2.45, 2.75) is 33.3 Å². The first-order valence-electron chi connectivity index (χ1n) is 5.46. The number of Topliss-reactive ketones (excluding diaryl/α,β-unsaturated/α-hetero) is 1. The number of hydrogen-bond acceptors (Lipinski definition) is 3. The quantitative estimate of drug-likeness (QED) is 0.686. The molecule has 3 nitrogen and oxygen atoms in total. The van der Waals surface area contributed by atoms with E-state index in [-0.39, 0.29) is 12.0 Å². The second-order valence-electron chi connectivity index (χ2n) is 4.39. The van der Waals surface area contributed by atoms with Gasteiger partial charge in [-0.2, -0.15) is 0 Å². The number of nitrogens with zero attached hydrogens (tertiary/aromatic N) is 1. The number of carbonyl (C=O) groups excluding carboxylic acids is 1. The first-order chi connectivity index (χ1) is 6.59. The molecule has 0 saturated carbocycles. The molecule has 0 aliphatic carbocycles. The van der Waals surface area contributed by atoms with Gasteiger partial charge < -0.3 is 4.74 Å². The summed E-state index contributed by atoms with van der Waals surface area (Å²) in [4.78, 5) is 13.8. The Hall–Kier alpha value is -0.410. The van der Waals surface area contributed by atoms with Crippen molar-refractivity contribution in [2.24, 2.45) is 5.92 Å². The molecule has 0 radical (unpaired) electrons. The summed E-state index contributed by atoms with van der Waals surface area (Å²) in [5.74, 6) is 0.480. The highest BCUT2D eigenvalue weighted by molar-refractivity contribution is 5.82. The maximum atomic E-state index is 11.5. The second kappa shape index (κ2) is 5.47. The van der Waals surface area contributed by atoms with Gasteiger partial charge in [0.15, 0.2) is 0 Å². The van der Waals surface area contributed by atoms with Crippen LogP contribution in [0, 0.1) is 5.92 Å². The van der Waals surface area contributed by atoms with Crippen LogP contribution in [0.25, 0.3) is 0 Å². The standard InChI is InChI=1S/C11H21NO2/c1-9(2)11(13)8-12-5-4-6-14-10(3)7-12/h9-10H,4-8H2,1-3H3. The summed E-state index contributed by atoms with van der Waals surface area (Å²) in [6.45, 7) is 9.28. The Bertz CT molecular complexity index is 192. The van der Waals surface area contributed by atoms with Crippen LogP contribution >= 0.6 is 0 Å². The van der Waals surface area contributed by atoms with Crippen molar-refractivity contribution in [3.63, 3.8) is 0 Å². The van der Waals surface area contributed by atoms with E-state index in [1.165, 1.54) is 0 Å². The van der Waals surface area contributed by atoms with E-state index in [1.54, 1.807) is 0 Å². The molecule has 3 heteroatoms. The highest BCUT2D eigenvalue weighted by Crippen LogP contribution is 2.06. The summed E-state index contributed by atoms with van der Waals surface area (Å²) in [5, 5.41) is 0. The second-order valence-corrected chi connectivity index (χ2v) is 4.39. The van der Waals surface area contributed by atoms with Gasteiger partial charge in [-0.25, -0.2) is 0 Å². The Kier molecular flexibility index (Phi) is 4.55. The smallest absolute Gasteiger partial charge is 0.149 e. The molecule has 82 valence electrons. The van der Waals surface area contributed by atoms with E-state index in [2.05, 4.69) is 11.8 Å². The lowest BCUT2D eigenvalue weighted by Gasteiger charge is -2.21. The minimum absolute atomic E-state index is 0.148. The molecule has 14 heavy (non-hydrogen) atoms. The SMILES string of the molecule is CC1CN(CC(=O)C(C)C)CCCO1. The summed E-state index contributed by atoms with van der Waals surface area (Å²) >= 11 is 0. The van der Waals surface area contributed by atoms with Gasteiger partial charge in [-0.05, 0) is 13.3 Å². The number of ether oxygens (including phenoxy) is 1. The first-order valence-corrected chi connectivity index (χ1v) is 5.46. The van der Waals surface area contributed by atoms with Gasteiger partial charge in [0, 0.05) is 25.6 Å². The summed E-state index contributed by atoms with van der Waals surface area (Å²) in [7, 11) is 0. The molecule has 0 aromatic heterocycles. The van der Waals surface area contributed by atoms with Gasteiger partial charge in [-0.3, -0.25) is 9.69 Å². The average Bonchev–Trinajstić information content (AvgIpc) is 2.29. The van der Waals surface area contributed by atoms with E-state index >= 15 is 0 Å². The zero-order valence-corrected chi connectivity index (χ0v) is 9.45. The summed E-state index contributed by atoms with van der Waals surface area (Å²) < 4.78 is 5.52. The fraction of sp³-hybridized carbons (Fsp3) is 0.909. The van der Waals surface area contributed by atoms with Crippen LogP contribution in [0.1, 0.15) is 27.2 Å². The van der Waals surface area contributed by atoms with Crippen LogP contribution in [0.2, 0.25) is 0 Å². The third-order valence-corrected chi connectivity index (χ3v) is 2.56. The summed E-state index contributed by atoms with van der Waals surface area (Å²) in [6, 6.07) is 0. The topological polar surface area (TPSA) is 29.5 Å². The molecule has 1 rings (SSSR count). The van der Waals surface area contributed by atoms with Gasteiger partial charge in [-0.1, -0.05) is 13.8 Å². The Morgan fingerprint density at radius 2 is 2.29 bits per heavy atom. The van der Waals surface area contributed by atoms with Crippen molar-refractivity contribution < 1.29 is 9.53 Å². The molecule has 1 saturated heterocycles. The molecule has 1 unspecified atom stereocenters. The van der Waals surface area contributed by atoms with Crippen LogP contribution in [0.5, 0.6) is 0 Å². The van der Waals surface area contributed by atoms with Gasteiger partial charge in [0.05, 0.1) is 12.6 Å². The van der Waals surface area contributed by atoms with Crippen LogP contribution in [0.4, 0.5) is 0 Å². The minimum Gasteiger partial charge on any atom is -0.377 e. The van der Waals surface area contributed by atoms with Crippen molar-refractivity contribution in [2.75, 3.05) is 26.2 Å². The molecule has 1 heterocycles. The van der Waals surface area contributed by atoms with Crippen LogP contribution in [0.3, 0.4) is 0 Å². The number of rotatable bonds is 3. The Balaban J connectivity index is 2.38. The molecule has 1 aliphatic rings. The van der Waals surface area contributed by atoms with E-state index in [1.807, 2.05) is 13.8 Å². The van der Waals surface area contributed by atoms with Crippen molar-refractivity contribution in [1.29, 1.82) is 0 Å². The third kappa shape index (κ3) is 3.76. The van der Waals surface area contributed by atoms with E-state index in [9.17, 15) is 4.79 Å². The summed E-state index contributed by atoms with van der Waals surface area (Å²) in [5.41, 5.74) is 0. The lowest BCUT2D eigenvalue weighted by Crippen LogP contribution is -2.36. The Labute approximate surface area is 86.4 Å². The van der Waals surface area contributed by atoms with Crippen molar-refractivity contribution in [1.82, 2.24) is 4.90 Å². The number of carbonyl (C=O) groups is 1. The van der Waals surface area contributed by atoms with Gasteiger partial charge in [0.25, 0.3) is 0 Å². The van der Waals surface area contributed by atoms with Crippen LogP contribution in [0.15, 0.2) is 0 Å². The fourth-order valence-electron chi connectivity index (χ4n) is 1.63. The minimum atomic E-state index is 0.148. The van der Waals surface area contributed by atoms with Gasteiger partial charge in [0.2, 0.25) is 0 Å². The zero-order valence-electron chi connectivity index (χ0n) is 9.45. The molecular formula is C11H21NO2. The molecular weight excluding hydrogens is 178 g/mol. The van der Waals surface area contributed by atoms with E-state index in [4.69, 9.17) is 4.74 Å². The average molecular weight is 199 g/mol. The monoisotopic (exact) mass is 199 g/mol. The highest BCUT2D eigenvalue weighted by atomic mass is 16.5. The van der Waals surface area contributed by atoms with Gasteiger partial charge in [0.1, 0.15) is 5.78 Å². The normalized spacial score (nSPS) is 25.0. The molecule has 1 fully saturated rings. The van der Waals surface area contributed by atoms with Gasteiger partial charge in [-0.15, -0.1) is 0 Å². The third-order valence-electron chi connectivity index (χ3n) is 2.56. The molecule has 1 aliphatic heterocycles. The molecule has 0 aromatic rings. The predicted octanol–water partition coefficient (Wildman–Crippen LogP) is 1.32. The lowest BCUT2D eigenvalue weighted by molar-refractivity contribution is -0.123. The van der Waals surface area contributed by atoms with Crippen molar-refractivity contribution in [3.05, 3.63) is 0 Å². The van der Waals surface area contributed by atoms with Crippen molar-refractivity contribution in [3.8, 4) is 0 Å². The number of ketones is 1. The maximum absolute atomic E-state index is 11.5. The number of hydrogen-bond donors (Lipinski definition) is 0. The zero-order chi connectivity index (χ0) is 10.6. The van der Waals surface area contributed by atoms with Crippen LogP contribution < -0.4 is 0 Å². The molecule has 0 N–H and O–H groups in total. The molecule has 0 spiro atoms. The Morgan fingerprint density at radius 1 is 1.57 bits per heavy atom. The van der Waals surface area contributed by atoms with E-state index in [0.717, 1.165) is 26.1 Å². The highest BCUT2D eigenvalue weighted by Gasteiger charge is 2.18. The van der Waals surface area contributed by atoms with E-state index < -0.39 is 0 Å². The molecule has 0 bridgehead atoms. The van der Waals surface area contributed by atoms with Gasteiger partial charge >= 0.3 is 0 Å².